The Morgan fingerprint density at radius 1 is 1.29 bits per heavy atom. The molecular formula is C20H18F2N4OS. The van der Waals surface area contributed by atoms with E-state index in [0.717, 1.165) is 34.5 Å². The first kappa shape index (κ1) is 17.6. The lowest BCUT2D eigenvalue weighted by atomic mass is 9.94. The summed E-state index contributed by atoms with van der Waals surface area (Å²) >= 11 is 1.28. The molecule has 2 aliphatic carbocycles. The summed E-state index contributed by atoms with van der Waals surface area (Å²) in [7, 11) is 0. The molecule has 0 atom stereocenters. The molecule has 0 aromatic carbocycles. The molecular weight excluding hydrogens is 382 g/mol. The SMILES string of the molecule is O=C(N=C1CCCCC1(F)F)c1nc(-c2cnn3ccccc23)c(C2CC2)s1. The number of carbonyl (C=O) groups excluding carboxylic acids is 1. The molecule has 0 saturated heterocycles. The van der Waals surface area contributed by atoms with Crippen molar-refractivity contribution < 1.29 is 13.6 Å². The number of pyridine rings is 1. The van der Waals surface area contributed by atoms with E-state index >= 15 is 0 Å². The Morgan fingerprint density at radius 2 is 2.14 bits per heavy atom. The van der Waals surface area contributed by atoms with Crippen LogP contribution in [0.25, 0.3) is 16.8 Å². The Kier molecular flexibility index (Phi) is 4.12. The van der Waals surface area contributed by atoms with E-state index in [9.17, 15) is 13.6 Å². The first-order valence-electron chi connectivity index (χ1n) is 9.46. The number of hydrogen-bond acceptors (Lipinski definition) is 4. The normalized spacial score (nSPS) is 20.7. The molecule has 8 heteroatoms. The number of halogens is 2. The summed E-state index contributed by atoms with van der Waals surface area (Å²) in [6, 6.07) is 5.76. The maximum Gasteiger partial charge on any atom is 0.306 e. The first-order valence-corrected chi connectivity index (χ1v) is 10.3. The van der Waals surface area contributed by atoms with Gasteiger partial charge in [-0.15, -0.1) is 11.3 Å². The van der Waals surface area contributed by atoms with E-state index < -0.39 is 11.8 Å². The van der Waals surface area contributed by atoms with Crippen LogP contribution in [0.15, 0.2) is 35.6 Å². The molecule has 2 aliphatic rings. The lowest BCUT2D eigenvalue weighted by Gasteiger charge is -2.22. The van der Waals surface area contributed by atoms with Gasteiger partial charge in [0.2, 0.25) is 0 Å². The van der Waals surface area contributed by atoms with Crippen LogP contribution in [0, 0.1) is 0 Å². The van der Waals surface area contributed by atoms with E-state index in [2.05, 4.69) is 15.1 Å². The molecule has 5 nitrogen and oxygen atoms in total. The van der Waals surface area contributed by atoms with Crippen molar-refractivity contribution in [2.24, 2.45) is 4.99 Å². The van der Waals surface area contributed by atoms with Crippen LogP contribution >= 0.6 is 11.3 Å². The fourth-order valence-electron chi connectivity index (χ4n) is 3.63. The minimum absolute atomic E-state index is 0.167. The second-order valence-electron chi connectivity index (χ2n) is 7.37. The van der Waals surface area contributed by atoms with Crippen LogP contribution in [-0.2, 0) is 0 Å². The first-order chi connectivity index (χ1) is 13.5. The van der Waals surface area contributed by atoms with E-state index in [1.165, 1.54) is 11.3 Å². The van der Waals surface area contributed by atoms with E-state index in [0.29, 0.717) is 18.8 Å². The Hall–Kier alpha value is -2.48. The van der Waals surface area contributed by atoms with Gasteiger partial charge in [-0.05, 0) is 50.2 Å². The lowest BCUT2D eigenvalue weighted by Crippen LogP contribution is -2.32. The van der Waals surface area contributed by atoms with E-state index in [4.69, 9.17) is 0 Å². The molecule has 3 heterocycles. The van der Waals surface area contributed by atoms with E-state index in [-0.39, 0.29) is 23.6 Å². The van der Waals surface area contributed by atoms with Gasteiger partial charge in [-0.25, -0.2) is 14.5 Å². The fraction of sp³-hybridized carbons (Fsp3) is 0.400. The van der Waals surface area contributed by atoms with Gasteiger partial charge in [-0.1, -0.05) is 6.07 Å². The minimum atomic E-state index is -2.99. The number of carbonyl (C=O) groups is 1. The molecule has 3 aromatic rings. The van der Waals surface area contributed by atoms with Crippen molar-refractivity contribution in [2.75, 3.05) is 0 Å². The predicted molar refractivity (Wildman–Crippen MR) is 103 cm³/mol. The standard InChI is InChI=1S/C20H18F2N4OS/c21-20(22)9-3-1-6-15(20)24-18(27)19-25-16(17(28-19)12-7-8-12)13-11-23-26-10-4-2-5-14(13)26/h2,4-5,10-12H,1,3,6-9H2. The van der Waals surface area contributed by atoms with Crippen LogP contribution in [0.1, 0.15) is 59.1 Å². The smallest absolute Gasteiger partial charge is 0.264 e. The number of nitrogens with zero attached hydrogens (tertiary/aromatic N) is 4. The topological polar surface area (TPSA) is 59.6 Å². The number of aromatic nitrogens is 3. The average molecular weight is 400 g/mol. The van der Waals surface area contributed by atoms with Crippen LogP contribution in [0.3, 0.4) is 0 Å². The third-order valence-corrected chi connectivity index (χ3v) is 6.48. The van der Waals surface area contributed by atoms with Crippen molar-refractivity contribution >= 4 is 28.5 Å². The van der Waals surface area contributed by atoms with Crippen molar-refractivity contribution in [1.29, 1.82) is 0 Å². The highest BCUT2D eigenvalue weighted by Crippen LogP contribution is 2.48. The Labute approximate surface area is 164 Å². The summed E-state index contributed by atoms with van der Waals surface area (Å²) in [6.07, 6.45) is 6.72. The van der Waals surface area contributed by atoms with Gasteiger partial charge in [0, 0.05) is 23.1 Å². The molecule has 3 aromatic heterocycles. The summed E-state index contributed by atoms with van der Waals surface area (Å²) in [5.41, 5.74) is 2.18. The summed E-state index contributed by atoms with van der Waals surface area (Å²) in [5.74, 6) is -3.28. The third-order valence-electron chi connectivity index (χ3n) is 5.28. The molecule has 0 bridgehead atoms. The van der Waals surface area contributed by atoms with Crippen LogP contribution in [-0.4, -0.2) is 32.1 Å². The number of aliphatic imine (C=N–C) groups is 1. The van der Waals surface area contributed by atoms with Crippen molar-refractivity contribution in [1.82, 2.24) is 14.6 Å². The van der Waals surface area contributed by atoms with Crippen LogP contribution in [0.4, 0.5) is 8.78 Å². The minimum Gasteiger partial charge on any atom is -0.264 e. The summed E-state index contributed by atoms with van der Waals surface area (Å²) in [4.78, 5) is 22.0. The number of alkyl halides is 2. The van der Waals surface area contributed by atoms with Gasteiger partial charge in [-0.3, -0.25) is 4.79 Å². The highest BCUT2D eigenvalue weighted by atomic mass is 32.1. The van der Waals surface area contributed by atoms with Crippen LogP contribution in [0.5, 0.6) is 0 Å². The second kappa shape index (κ2) is 6.55. The zero-order valence-corrected chi connectivity index (χ0v) is 15.9. The molecule has 28 heavy (non-hydrogen) atoms. The Morgan fingerprint density at radius 3 is 2.93 bits per heavy atom. The highest BCUT2D eigenvalue weighted by Gasteiger charge is 2.39. The molecule has 1 amide bonds. The van der Waals surface area contributed by atoms with Gasteiger partial charge < -0.3 is 0 Å². The van der Waals surface area contributed by atoms with Gasteiger partial charge in [0.15, 0.2) is 5.01 Å². The molecule has 0 radical (unpaired) electrons. The molecule has 0 unspecified atom stereocenters. The molecule has 0 N–H and O–H groups in total. The molecule has 0 spiro atoms. The Balaban J connectivity index is 1.55. The molecule has 2 fully saturated rings. The van der Waals surface area contributed by atoms with Crippen LogP contribution < -0.4 is 0 Å². The van der Waals surface area contributed by atoms with Gasteiger partial charge in [0.1, 0.15) is 0 Å². The molecule has 144 valence electrons. The number of fused-ring (bicyclic) bond motifs is 1. The van der Waals surface area contributed by atoms with Crippen molar-refractivity contribution in [3.05, 3.63) is 40.5 Å². The van der Waals surface area contributed by atoms with Crippen molar-refractivity contribution in [3.8, 4) is 11.3 Å². The zero-order chi connectivity index (χ0) is 19.3. The summed E-state index contributed by atoms with van der Waals surface area (Å²) in [6.45, 7) is 0. The quantitative estimate of drug-likeness (QED) is 0.613. The second-order valence-corrected chi connectivity index (χ2v) is 8.40. The van der Waals surface area contributed by atoms with Gasteiger partial charge in [0.25, 0.3) is 5.92 Å². The maximum atomic E-state index is 14.1. The molecule has 0 aliphatic heterocycles. The van der Waals surface area contributed by atoms with Gasteiger partial charge >= 0.3 is 5.91 Å². The van der Waals surface area contributed by atoms with Crippen molar-refractivity contribution in [2.45, 2.75) is 50.4 Å². The third kappa shape index (κ3) is 3.05. The van der Waals surface area contributed by atoms with Gasteiger partial charge in [-0.2, -0.15) is 13.9 Å². The van der Waals surface area contributed by atoms with Gasteiger partial charge in [0.05, 0.1) is 23.1 Å². The summed E-state index contributed by atoms with van der Waals surface area (Å²) in [5, 5.41) is 4.53. The molecule has 5 rings (SSSR count). The fourth-order valence-corrected chi connectivity index (χ4v) is 4.76. The number of hydrogen-bond donors (Lipinski definition) is 0. The number of rotatable bonds is 3. The monoisotopic (exact) mass is 400 g/mol. The Bertz CT molecular complexity index is 1100. The van der Waals surface area contributed by atoms with Crippen molar-refractivity contribution in [3.63, 3.8) is 0 Å². The average Bonchev–Trinajstić information content (AvgIpc) is 3.28. The van der Waals surface area contributed by atoms with E-state index in [1.54, 1.807) is 10.7 Å². The summed E-state index contributed by atoms with van der Waals surface area (Å²) < 4.78 is 29.9. The lowest BCUT2D eigenvalue weighted by molar-refractivity contribution is 0.0542. The number of amides is 1. The zero-order valence-electron chi connectivity index (χ0n) is 15.1. The van der Waals surface area contributed by atoms with Crippen LogP contribution in [0.2, 0.25) is 0 Å². The number of thiazole rings is 1. The maximum absolute atomic E-state index is 14.1. The highest BCUT2D eigenvalue weighted by molar-refractivity contribution is 7.14. The van der Waals surface area contributed by atoms with E-state index in [1.807, 2.05) is 24.4 Å². The molecule has 2 saturated carbocycles. The predicted octanol–water partition coefficient (Wildman–Crippen LogP) is 5.13. The largest absolute Gasteiger partial charge is 0.306 e.